The van der Waals surface area contributed by atoms with E-state index in [0.29, 0.717) is 5.75 Å². The maximum Gasteiger partial charge on any atom is 0.344 e. The molecule has 3 nitrogen and oxygen atoms in total. The number of halogens is 3. The van der Waals surface area contributed by atoms with Gasteiger partial charge in [0.05, 0.1) is 0 Å². The second kappa shape index (κ2) is 6.05. The molecule has 1 rings (SSSR count). The molecule has 0 radical (unpaired) electrons. The number of ether oxygens (including phenoxy) is 1. The first-order chi connectivity index (χ1) is 7.78. The Bertz CT molecular complexity index is 389. The summed E-state index contributed by atoms with van der Waals surface area (Å²) in [6, 6.07) is 6.63. The number of carbonyl (C=O) groups is 1. The summed E-state index contributed by atoms with van der Waals surface area (Å²) in [5.74, 6) is -0.571. The molecule has 0 aliphatic carbocycles. The second-order valence-electron chi connectivity index (χ2n) is 3.12. The molecule has 0 amide bonds. The zero-order chi connectivity index (χ0) is 13.1. The molecule has 94 valence electrons. The smallest absolute Gasteiger partial charge is 0.344 e. The largest absolute Gasteiger partial charge is 0.479 e. The zero-order valence-corrected chi connectivity index (χ0v) is 11.8. The molecular formula is C10H9Cl3O3S. The average molecular weight is 316 g/mol. The maximum atomic E-state index is 10.6. The molecule has 0 heterocycles. The van der Waals surface area contributed by atoms with E-state index in [0.717, 1.165) is 16.7 Å². The van der Waals surface area contributed by atoms with Gasteiger partial charge in [-0.3, -0.25) is 0 Å². The molecule has 0 aliphatic heterocycles. The number of hydrogen-bond acceptors (Lipinski definition) is 3. The van der Waals surface area contributed by atoms with Crippen LogP contribution in [0.25, 0.3) is 0 Å². The number of alkyl halides is 3. The van der Waals surface area contributed by atoms with E-state index in [1.54, 1.807) is 24.3 Å². The molecule has 0 spiro atoms. The normalized spacial score (nSPS) is 13.2. The topological polar surface area (TPSA) is 46.5 Å². The van der Waals surface area contributed by atoms with Crippen LogP contribution in [0.4, 0.5) is 0 Å². The molecule has 1 atom stereocenters. The summed E-state index contributed by atoms with van der Waals surface area (Å²) < 4.78 is 3.73. The summed E-state index contributed by atoms with van der Waals surface area (Å²) in [6.45, 7) is 1.45. The predicted molar refractivity (Wildman–Crippen MR) is 70.3 cm³/mol. The molecule has 0 aliphatic rings. The fraction of sp³-hybridized carbons (Fsp3) is 0.300. The van der Waals surface area contributed by atoms with Gasteiger partial charge in [0.1, 0.15) is 5.75 Å². The SMILES string of the molecule is CC(Oc1ccc(SC(Cl)(Cl)Cl)cc1)C(=O)O. The highest BCUT2D eigenvalue weighted by Crippen LogP contribution is 2.43. The van der Waals surface area contributed by atoms with Crippen LogP contribution in [0.1, 0.15) is 6.92 Å². The van der Waals surface area contributed by atoms with Crippen molar-refractivity contribution in [3.8, 4) is 5.75 Å². The van der Waals surface area contributed by atoms with Crippen LogP contribution in [-0.4, -0.2) is 20.3 Å². The van der Waals surface area contributed by atoms with Gasteiger partial charge >= 0.3 is 5.97 Å². The van der Waals surface area contributed by atoms with Gasteiger partial charge in [-0.15, -0.1) is 0 Å². The number of benzene rings is 1. The lowest BCUT2D eigenvalue weighted by atomic mass is 10.3. The first-order valence-electron chi connectivity index (χ1n) is 4.53. The van der Waals surface area contributed by atoms with Gasteiger partial charge in [-0.2, -0.15) is 0 Å². The Kier molecular flexibility index (Phi) is 5.25. The Hall–Kier alpha value is -0.290. The number of aliphatic carboxylic acids is 1. The Labute approximate surface area is 118 Å². The van der Waals surface area contributed by atoms with Crippen LogP contribution < -0.4 is 4.74 Å². The van der Waals surface area contributed by atoms with Crippen LogP contribution in [0.5, 0.6) is 5.75 Å². The average Bonchev–Trinajstić information content (AvgIpc) is 2.18. The third-order valence-electron chi connectivity index (χ3n) is 1.72. The first-order valence-corrected chi connectivity index (χ1v) is 6.48. The Balaban J connectivity index is 2.65. The monoisotopic (exact) mass is 314 g/mol. The molecule has 0 saturated heterocycles. The minimum absolute atomic E-state index is 0.452. The molecule has 0 fully saturated rings. The third-order valence-corrected chi connectivity index (χ3v) is 3.15. The lowest BCUT2D eigenvalue weighted by molar-refractivity contribution is -0.144. The Morgan fingerprint density at radius 1 is 1.35 bits per heavy atom. The molecule has 1 aromatic carbocycles. The van der Waals surface area contributed by atoms with Gasteiger partial charge in [0.15, 0.2) is 6.10 Å². The van der Waals surface area contributed by atoms with Crippen molar-refractivity contribution in [2.24, 2.45) is 0 Å². The summed E-state index contributed by atoms with van der Waals surface area (Å²) >= 11 is 17.9. The van der Waals surface area contributed by atoms with Crippen molar-refractivity contribution in [1.82, 2.24) is 0 Å². The highest BCUT2D eigenvalue weighted by molar-refractivity contribution is 8.04. The Morgan fingerprint density at radius 2 is 1.88 bits per heavy atom. The Morgan fingerprint density at radius 3 is 2.29 bits per heavy atom. The van der Waals surface area contributed by atoms with Gasteiger partial charge in [0, 0.05) is 4.90 Å². The van der Waals surface area contributed by atoms with E-state index >= 15 is 0 Å². The van der Waals surface area contributed by atoms with Crippen molar-refractivity contribution >= 4 is 52.5 Å². The summed E-state index contributed by atoms with van der Waals surface area (Å²) in [7, 11) is 0. The van der Waals surface area contributed by atoms with Gasteiger partial charge < -0.3 is 9.84 Å². The molecule has 0 saturated carbocycles. The van der Waals surface area contributed by atoms with Crippen molar-refractivity contribution in [2.45, 2.75) is 21.0 Å². The highest BCUT2D eigenvalue weighted by Gasteiger charge is 2.21. The van der Waals surface area contributed by atoms with Crippen molar-refractivity contribution in [3.63, 3.8) is 0 Å². The minimum atomic E-state index is -1.42. The fourth-order valence-electron chi connectivity index (χ4n) is 0.974. The summed E-state index contributed by atoms with van der Waals surface area (Å²) in [5.41, 5.74) is 0. The van der Waals surface area contributed by atoms with E-state index in [1.165, 1.54) is 6.92 Å². The van der Waals surface area contributed by atoms with Crippen LogP contribution in [0.15, 0.2) is 29.2 Å². The third kappa shape index (κ3) is 5.73. The number of hydrogen-bond donors (Lipinski definition) is 1. The lowest BCUT2D eigenvalue weighted by Crippen LogP contribution is -2.22. The molecular weight excluding hydrogens is 307 g/mol. The van der Waals surface area contributed by atoms with Gasteiger partial charge in [-0.05, 0) is 31.2 Å². The van der Waals surface area contributed by atoms with E-state index in [-0.39, 0.29) is 0 Å². The molecule has 17 heavy (non-hydrogen) atoms. The summed E-state index contributed by atoms with van der Waals surface area (Å²) in [6.07, 6.45) is -0.901. The van der Waals surface area contributed by atoms with Crippen LogP contribution in [0.2, 0.25) is 0 Å². The van der Waals surface area contributed by atoms with Crippen LogP contribution in [0.3, 0.4) is 0 Å². The maximum absolute atomic E-state index is 10.6. The van der Waals surface area contributed by atoms with Crippen molar-refractivity contribution in [2.75, 3.05) is 0 Å². The van der Waals surface area contributed by atoms with Crippen molar-refractivity contribution in [1.29, 1.82) is 0 Å². The molecule has 0 aromatic heterocycles. The number of rotatable bonds is 4. The van der Waals surface area contributed by atoms with Gasteiger partial charge in [0.2, 0.25) is 3.12 Å². The number of thioether (sulfide) groups is 1. The van der Waals surface area contributed by atoms with E-state index in [2.05, 4.69) is 0 Å². The fourth-order valence-corrected chi connectivity index (χ4v) is 2.32. The molecule has 1 aromatic rings. The quantitative estimate of drug-likeness (QED) is 0.675. The lowest BCUT2D eigenvalue weighted by Gasteiger charge is -2.12. The molecule has 7 heteroatoms. The van der Waals surface area contributed by atoms with Gasteiger partial charge in [0.25, 0.3) is 0 Å². The van der Waals surface area contributed by atoms with Crippen molar-refractivity contribution < 1.29 is 14.6 Å². The van der Waals surface area contributed by atoms with Gasteiger partial charge in [-0.25, -0.2) is 4.79 Å². The minimum Gasteiger partial charge on any atom is -0.479 e. The van der Waals surface area contributed by atoms with Crippen LogP contribution in [-0.2, 0) is 4.79 Å². The van der Waals surface area contributed by atoms with E-state index in [1.807, 2.05) is 0 Å². The molecule has 0 bridgehead atoms. The number of carboxylic acid groups (broad SMARTS) is 1. The van der Waals surface area contributed by atoms with Crippen LogP contribution in [0, 0.1) is 0 Å². The van der Waals surface area contributed by atoms with E-state index < -0.39 is 15.2 Å². The standard InChI is InChI=1S/C10H9Cl3O3S/c1-6(9(14)15)16-7-2-4-8(5-3-7)17-10(11,12)13/h2-6H,1H3,(H,14,15). The zero-order valence-electron chi connectivity index (χ0n) is 8.69. The second-order valence-corrected chi connectivity index (χ2v) is 7.36. The summed E-state index contributed by atoms with van der Waals surface area (Å²) in [5, 5.41) is 8.67. The van der Waals surface area contributed by atoms with Gasteiger partial charge in [-0.1, -0.05) is 46.6 Å². The predicted octanol–water partition coefficient (Wildman–Crippen LogP) is 3.96. The summed E-state index contributed by atoms with van der Waals surface area (Å²) in [4.78, 5) is 11.3. The highest BCUT2D eigenvalue weighted by atomic mass is 35.6. The number of carboxylic acids is 1. The molecule has 1 N–H and O–H groups in total. The van der Waals surface area contributed by atoms with Crippen molar-refractivity contribution in [3.05, 3.63) is 24.3 Å². The van der Waals surface area contributed by atoms with E-state index in [9.17, 15) is 4.79 Å². The van der Waals surface area contributed by atoms with E-state index in [4.69, 9.17) is 44.6 Å². The molecule has 1 unspecified atom stereocenters. The van der Waals surface area contributed by atoms with Crippen LogP contribution >= 0.6 is 46.6 Å². The first kappa shape index (κ1) is 14.8.